The molecule has 1 N–H and O–H groups in total. The first-order chi connectivity index (χ1) is 10.8. The number of nitrogens with one attached hydrogen (secondary N) is 1. The number of aromatic nitrogens is 2. The van der Waals surface area contributed by atoms with Crippen LogP contribution in [0.3, 0.4) is 0 Å². The van der Waals surface area contributed by atoms with Crippen molar-refractivity contribution in [3.63, 3.8) is 0 Å². The zero-order valence-corrected chi connectivity index (χ0v) is 11.8. The van der Waals surface area contributed by atoms with Crippen LogP contribution in [-0.4, -0.2) is 15.7 Å². The average molecular weight is 292 g/mol. The highest BCUT2D eigenvalue weighted by Crippen LogP contribution is 2.30. The molecule has 0 amide bonds. The average Bonchev–Trinajstić information content (AvgIpc) is 3.20. The van der Waals surface area contributed by atoms with Crippen molar-refractivity contribution in [3.8, 4) is 0 Å². The number of hydrogen-bond acceptors (Lipinski definition) is 6. The molecule has 0 radical (unpaired) electrons. The Morgan fingerprint density at radius 2 is 2.05 bits per heavy atom. The molecule has 0 saturated carbocycles. The number of benzene rings is 1. The van der Waals surface area contributed by atoms with E-state index in [2.05, 4.69) is 20.5 Å². The van der Waals surface area contributed by atoms with Gasteiger partial charge in [-0.1, -0.05) is 12.1 Å². The standard InChI is InChI=1S/C16H12N4O2/c1-10(12-7-4-8-21-12)19-20-16-15-14(17-9-18-16)11-5-2-3-6-13(11)22-15/h2-9H,1H3,(H,17,18,20). The lowest BCUT2D eigenvalue weighted by Crippen LogP contribution is -2.00. The second-order valence-electron chi connectivity index (χ2n) is 4.78. The fourth-order valence-electron chi connectivity index (χ4n) is 2.28. The van der Waals surface area contributed by atoms with Gasteiger partial charge < -0.3 is 8.83 Å². The zero-order valence-electron chi connectivity index (χ0n) is 11.8. The van der Waals surface area contributed by atoms with Crippen LogP contribution >= 0.6 is 0 Å². The largest absolute Gasteiger partial charge is 0.463 e. The van der Waals surface area contributed by atoms with E-state index in [4.69, 9.17) is 8.83 Å². The number of rotatable bonds is 3. The molecular formula is C16H12N4O2. The molecule has 1 aromatic carbocycles. The summed E-state index contributed by atoms with van der Waals surface area (Å²) in [5.74, 6) is 1.22. The minimum absolute atomic E-state index is 0.520. The summed E-state index contributed by atoms with van der Waals surface area (Å²) in [7, 11) is 0. The van der Waals surface area contributed by atoms with E-state index in [1.807, 2.05) is 43.3 Å². The summed E-state index contributed by atoms with van der Waals surface area (Å²) < 4.78 is 11.1. The van der Waals surface area contributed by atoms with Crippen LogP contribution in [-0.2, 0) is 0 Å². The van der Waals surface area contributed by atoms with E-state index < -0.39 is 0 Å². The van der Waals surface area contributed by atoms with Crippen LogP contribution in [0.25, 0.3) is 22.1 Å². The van der Waals surface area contributed by atoms with E-state index in [9.17, 15) is 0 Å². The third-order valence-electron chi connectivity index (χ3n) is 3.37. The number of fused-ring (bicyclic) bond motifs is 3. The molecule has 108 valence electrons. The molecular weight excluding hydrogens is 280 g/mol. The third-order valence-corrected chi connectivity index (χ3v) is 3.37. The summed E-state index contributed by atoms with van der Waals surface area (Å²) in [4.78, 5) is 8.50. The molecule has 0 aliphatic rings. The Bertz CT molecular complexity index is 970. The molecule has 0 bridgehead atoms. The number of anilines is 1. The van der Waals surface area contributed by atoms with Gasteiger partial charge in [-0.2, -0.15) is 5.10 Å². The van der Waals surface area contributed by atoms with Crippen LogP contribution < -0.4 is 5.43 Å². The van der Waals surface area contributed by atoms with E-state index in [0.717, 1.165) is 16.5 Å². The molecule has 0 aliphatic carbocycles. The number of para-hydroxylation sites is 1. The van der Waals surface area contributed by atoms with Crippen LogP contribution in [0.4, 0.5) is 5.82 Å². The maximum absolute atomic E-state index is 5.83. The Morgan fingerprint density at radius 3 is 2.91 bits per heavy atom. The lowest BCUT2D eigenvalue weighted by molar-refractivity contribution is 0.557. The number of hydrazone groups is 1. The molecule has 0 atom stereocenters. The molecule has 22 heavy (non-hydrogen) atoms. The topological polar surface area (TPSA) is 76.5 Å². The smallest absolute Gasteiger partial charge is 0.197 e. The first kappa shape index (κ1) is 12.6. The summed E-state index contributed by atoms with van der Waals surface area (Å²) in [5.41, 5.74) is 5.75. The van der Waals surface area contributed by atoms with Crippen molar-refractivity contribution in [3.05, 3.63) is 54.7 Å². The zero-order chi connectivity index (χ0) is 14.9. The molecule has 3 heterocycles. The van der Waals surface area contributed by atoms with Gasteiger partial charge in [0, 0.05) is 5.39 Å². The van der Waals surface area contributed by atoms with Crippen molar-refractivity contribution in [1.82, 2.24) is 9.97 Å². The van der Waals surface area contributed by atoms with Crippen molar-refractivity contribution in [1.29, 1.82) is 0 Å². The van der Waals surface area contributed by atoms with Crippen molar-refractivity contribution in [2.75, 3.05) is 5.43 Å². The van der Waals surface area contributed by atoms with Gasteiger partial charge in [-0.3, -0.25) is 5.43 Å². The van der Waals surface area contributed by atoms with E-state index in [-0.39, 0.29) is 0 Å². The highest BCUT2D eigenvalue weighted by Gasteiger charge is 2.12. The van der Waals surface area contributed by atoms with Crippen LogP contribution in [0, 0.1) is 0 Å². The van der Waals surface area contributed by atoms with Gasteiger partial charge >= 0.3 is 0 Å². The normalized spacial score (nSPS) is 12.1. The van der Waals surface area contributed by atoms with Gasteiger partial charge in [0.15, 0.2) is 11.4 Å². The quantitative estimate of drug-likeness (QED) is 0.459. The van der Waals surface area contributed by atoms with Gasteiger partial charge in [0.2, 0.25) is 0 Å². The Labute approximate surface area is 125 Å². The second-order valence-corrected chi connectivity index (χ2v) is 4.78. The Balaban J connectivity index is 1.77. The minimum atomic E-state index is 0.520. The van der Waals surface area contributed by atoms with Gasteiger partial charge in [-0.15, -0.1) is 0 Å². The maximum atomic E-state index is 5.83. The van der Waals surface area contributed by atoms with Gasteiger partial charge in [0.05, 0.1) is 6.26 Å². The fourth-order valence-corrected chi connectivity index (χ4v) is 2.28. The number of furan rings is 2. The van der Waals surface area contributed by atoms with Crippen LogP contribution in [0.5, 0.6) is 0 Å². The third kappa shape index (κ3) is 2.01. The van der Waals surface area contributed by atoms with Gasteiger partial charge in [0.1, 0.15) is 28.9 Å². The van der Waals surface area contributed by atoms with Crippen LogP contribution in [0.15, 0.2) is 62.9 Å². The molecule has 6 heteroatoms. The van der Waals surface area contributed by atoms with Crippen molar-refractivity contribution >= 4 is 33.6 Å². The summed E-state index contributed by atoms with van der Waals surface area (Å²) >= 11 is 0. The summed E-state index contributed by atoms with van der Waals surface area (Å²) in [6, 6.07) is 11.4. The van der Waals surface area contributed by atoms with Crippen molar-refractivity contribution in [2.45, 2.75) is 6.92 Å². The number of nitrogens with zero attached hydrogens (tertiary/aromatic N) is 3. The highest BCUT2D eigenvalue weighted by atomic mass is 16.3. The summed E-state index contributed by atoms with van der Waals surface area (Å²) in [6.07, 6.45) is 3.10. The SMILES string of the molecule is CC(=NNc1ncnc2c1oc1ccccc12)c1ccco1. The van der Waals surface area contributed by atoms with E-state index in [1.54, 1.807) is 6.26 Å². The first-order valence-corrected chi connectivity index (χ1v) is 6.79. The Hall–Kier alpha value is -3.15. The first-order valence-electron chi connectivity index (χ1n) is 6.79. The predicted molar refractivity (Wildman–Crippen MR) is 83.9 cm³/mol. The van der Waals surface area contributed by atoms with Crippen molar-refractivity contribution < 1.29 is 8.83 Å². The molecule has 3 aromatic heterocycles. The van der Waals surface area contributed by atoms with Gasteiger partial charge in [0.25, 0.3) is 0 Å². The van der Waals surface area contributed by atoms with E-state index in [0.29, 0.717) is 22.9 Å². The monoisotopic (exact) mass is 292 g/mol. The maximum Gasteiger partial charge on any atom is 0.197 e. The second kappa shape index (κ2) is 5.00. The molecule has 4 aromatic rings. The minimum Gasteiger partial charge on any atom is -0.463 e. The molecule has 0 unspecified atom stereocenters. The van der Waals surface area contributed by atoms with Gasteiger partial charge in [-0.05, 0) is 31.2 Å². The van der Waals surface area contributed by atoms with E-state index >= 15 is 0 Å². The molecule has 0 spiro atoms. The predicted octanol–water partition coefficient (Wildman–Crippen LogP) is 3.81. The van der Waals surface area contributed by atoms with Crippen LogP contribution in [0.2, 0.25) is 0 Å². The highest BCUT2D eigenvalue weighted by molar-refractivity contribution is 6.05. The lowest BCUT2D eigenvalue weighted by atomic mass is 10.2. The van der Waals surface area contributed by atoms with Crippen molar-refractivity contribution in [2.24, 2.45) is 5.10 Å². The molecule has 0 aliphatic heterocycles. The molecule has 0 fully saturated rings. The fraction of sp³-hybridized carbons (Fsp3) is 0.0625. The van der Waals surface area contributed by atoms with E-state index in [1.165, 1.54) is 6.33 Å². The number of hydrogen-bond donors (Lipinski definition) is 1. The van der Waals surface area contributed by atoms with Gasteiger partial charge in [-0.25, -0.2) is 9.97 Å². The molecule has 4 rings (SSSR count). The summed E-state index contributed by atoms with van der Waals surface area (Å²) in [6.45, 7) is 1.85. The lowest BCUT2D eigenvalue weighted by Gasteiger charge is -2.00. The summed E-state index contributed by atoms with van der Waals surface area (Å²) in [5, 5.41) is 5.23. The van der Waals surface area contributed by atoms with Crippen LogP contribution in [0.1, 0.15) is 12.7 Å². The molecule has 6 nitrogen and oxygen atoms in total. The Morgan fingerprint density at radius 1 is 1.14 bits per heavy atom. The molecule has 0 saturated heterocycles. The Kier molecular flexibility index (Phi) is 2.86.